The molecular formula is C21H25N5OS2. The van der Waals surface area contributed by atoms with Crippen LogP contribution in [0.25, 0.3) is 5.13 Å². The number of carbonyl (C=O) groups excluding carboxylic acids is 1. The Morgan fingerprint density at radius 1 is 1.21 bits per heavy atom. The molecular weight excluding hydrogens is 402 g/mol. The number of aromatic nitrogens is 3. The number of nitrogens with zero attached hydrogens (tertiary/aromatic N) is 4. The van der Waals surface area contributed by atoms with E-state index in [2.05, 4.69) is 50.9 Å². The van der Waals surface area contributed by atoms with Gasteiger partial charge in [-0.1, -0.05) is 23.5 Å². The SMILES string of the molecule is CSc1ccc(CCNC(=O)[C@H]2CCCN(c3nnc(-n4cccc4)s3)C2)cc1. The van der Waals surface area contributed by atoms with Crippen molar-refractivity contribution in [2.45, 2.75) is 24.2 Å². The Morgan fingerprint density at radius 2 is 1.97 bits per heavy atom. The average molecular weight is 428 g/mol. The second-order valence-electron chi connectivity index (χ2n) is 7.13. The summed E-state index contributed by atoms with van der Waals surface area (Å²) in [5.41, 5.74) is 1.25. The van der Waals surface area contributed by atoms with Crippen molar-refractivity contribution >= 4 is 34.1 Å². The summed E-state index contributed by atoms with van der Waals surface area (Å²) in [6, 6.07) is 12.5. The molecule has 3 heterocycles. The fraction of sp³-hybridized carbons (Fsp3) is 0.381. The summed E-state index contributed by atoms with van der Waals surface area (Å²) < 4.78 is 1.96. The predicted molar refractivity (Wildman–Crippen MR) is 119 cm³/mol. The molecule has 1 amide bonds. The van der Waals surface area contributed by atoms with E-state index in [9.17, 15) is 4.79 Å². The van der Waals surface area contributed by atoms with Gasteiger partial charge in [0.05, 0.1) is 5.92 Å². The minimum Gasteiger partial charge on any atom is -0.355 e. The third kappa shape index (κ3) is 5.00. The Hall–Kier alpha value is -2.32. The van der Waals surface area contributed by atoms with E-state index in [0.717, 1.165) is 36.1 Å². The molecule has 3 aromatic rings. The molecule has 0 spiro atoms. The van der Waals surface area contributed by atoms with Crippen LogP contribution >= 0.6 is 23.1 Å². The maximum Gasteiger partial charge on any atom is 0.224 e. The van der Waals surface area contributed by atoms with Gasteiger partial charge < -0.3 is 10.2 Å². The molecule has 0 aliphatic carbocycles. The van der Waals surface area contributed by atoms with Gasteiger partial charge in [0.2, 0.25) is 16.2 Å². The zero-order chi connectivity index (χ0) is 20.1. The van der Waals surface area contributed by atoms with Crippen LogP contribution in [0.15, 0.2) is 53.7 Å². The fourth-order valence-corrected chi connectivity index (χ4v) is 4.79. The van der Waals surface area contributed by atoms with E-state index in [-0.39, 0.29) is 11.8 Å². The summed E-state index contributed by atoms with van der Waals surface area (Å²) in [5, 5.41) is 13.5. The molecule has 1 fully saturated rings. The molecule has 1 saturated heterocycles. The molecule has 0 saturated carbocycles. The van der Waals surface area contributed by atoms with E-state index < -0.39 is 0 Å². The van der Waals surface area contributed by atoms with Crippen molar-refractivity contribution in [1.29, 1.82) is 0 Å². The standard InChI is InChI=1S/C21H25N5OS2/c1-28-18-8-6-16(7-9-18)10-11-22-19(27)17-5-4-14-26(15-17)21-24-23-20(29-21)25-12-2-3-13-25/h2-3,6-9,12-13,17H,4-5,10-11,14-15H2,1H3,(H,22,27)/t17-/m0/s1. The third-order valence-electron chi connectivity index (χ3n) is 5.16. The van der Waals surface area contributed by atoms with Crippen LogP contribution in [0.5, 0.6) is 0 Å². The van der Waals surface area contributed by atoms with Crippen LogP contribution in [0.3, 0.4) is 0 Å². The highest BCUT2D eigenvalue weighted by molar-refractivity contribution is 7.98. The number of thioether (sulfide) groups is 1. The van der Waals surface area contributed by atoms with Gasteiger partial charge in [-0.05, 0) is 55.3 Å². The minimum absolute atomic E-state index is 0.00143. The normalized spacial score (nSPS) is 16.7. The van der Waals surface area contributed by atoms with E-state index in [1.54, 1.807) is 23.1 Å². The van der Waals surface area contributed by atoms with E-state index in [1.165, 1.54) is 10.5 Å². The van der Waals surface area contributed by atoms with Crippen LogP contribution in [0.1, 0.15) is 18.4 Å². The van der Waals surface area contributed by atoms with Gasteiger partial charge in [-0.2, -0.15) is 0 Å². The third-order valence-corrected chi connectivity index (χ3v) is 6.90. The number of nitrogens with one attached hydrogen (secondary N) is 1. The number of benzene rings is 1. The largest absolute Gasteiger partial charge is 0.355 e. The lowest BCUT2D eigenvalue weighted by Crippen LogP contribution is -2.43. The molecule has 1 aromatic carbocycles. The Balaban J connectivity index is 1.29. The van der Waals surface area contributed by atoms with Crippen molar-refractivity contribution in [2.24, 2.45) is 5.92 Å². The smallest absolute Gasteiger partial charge is 0.224 e. The van der Waals surface area contributed by atoms with Crippen LogP contribution < -0.4 is 10.2 Å². The van der Waals surface area contributed by atoms with Gasteiger partial charge in [0.25, 0.3) is 0 Å². The van der Waals surface area contributed by atoms with Gasteiger partial charge in [-0.15, -0.1) is 22.0 Å². The summed E-state index contributed by atoms with van der Waals surface area (Å²) >= 11 is 3.30. The first-order valence-electron chi connectivity index (χ1n) is 9.85. The second-order valence-corrected chi connectivity index (χ2v) is 8.95. The lowest BCUT2D eigenvalue weighted by molar-refractivity contribution is -0.125. The predicted octanol–water partition coefficient (Wildman–Crippen LogP) is 3.63. The van der Waals surface area contributed by atoms with Gasteiger partial charge in [0.15, 0.2) is 0 Å². The Kier molecular flexibility index (Phi) is 6.51. The quantitative estimate of drug-likeness (QED) is 0.584. The van der Waals surface area contributed by atoms with Crippen LogP contribution in [0.2, 0.25) is 0 Å². The highest BCUT2D eigenvalue weighted by Crippen LogP contribution is 2.28. The molecule has 152 valence electrons. The van der Waals surface area contributed by atoms with Crippen molar-refractivity contribution in [3.05, 3.63) is 54.4 Å². The first kappa shape index (κ1) is 20.0. The zero-order valence-electron chi connectivity index (χ0n) is 16.5. The minimum atomic E-state index is 0.00143. The van der Waals surface area contributed by atoms with Gasteiger partial charge in [0.1, 0.15) is 0 Å². The van der Waals surface area contributed by atoms with Crippen molar-refractivity contribution in [1.82, 2.24) is 20.1 Å². The van der Waals surface area contributed by atoms with Crippen molar-refractivity contribution < 1.29 is 4.79 Å². The molecule has 0 bridgehead atoms. The number of anilines is 1. The molecule has 0 unspecified atom stereocenters. The van der Waals surface area contributed by atoms with Crippen molar-refractivity contribution in [3.8, 4) is 5.13 Å². The molecule has 1 aliphatic heterocycles. The van der Waals surface area contributed by atoms with E-state index in [4.69, 9.17) is 0 Å². The number of rotatable bonds is 7. The lowest BCUT2D eigenvalue weighted by Gasteiger charge is -2.31. The van der Waals surface area contributed by atoms with Crippen LogP contribution in [0, 0.1) is 5.92 Å². The number of piperidine rings is 1. The zero-order valence-corrected chi connectivity index (χ0v) is 18.1. The van der Waals surface area contributed by atoms with Crippen molar-refractivity contribution in [2.75, 3.05) is 30.8 Å². The summed E-state index contributed by atoms with van der Waals surface area (Å²) in [6.07, 6.45) is 8.77. The summed E-state index contributed by atoms with van der Waals surface area (Å²) in [4.78, 5) is 16.1. The van der Waals surface area contributed by atoms with Crippen molar-refractivity contribution in [3.63, 3.8) is 0 Å². The molecule has 2 aromatic heterocycles. The van der Waals surface area contributed by atoms with Gasteiger partial charge in [0, 0.05) is 36.9 Å². The molecule has 1 atom stereocenters. The monoisotopic (exact) mass is 427 g/mol. The highest BCUT2D eigenvalue weighted by Gasteiger charge is 2.27. The van der Waals surface area contributed by atoms with E-state index >= 15 is 0 Å². The number of amides is 1. The lowest BCUT2D eigenvalue weighted by atomic mass is 9.97. The summed E-state index contributed by atoms with van der Waals surface area (Å²) in [5.74, 6) is 0.145. The Labute approximate surface area is 179 Å². The van der Waals surface area contributed by atoms with Crippen LogP contribution in [0.4, 0.5) is 5.13 Å². The second kappa shape index (κ2) is 9.45. The van der Waals surface area contributed by atoms with Gasteiger partial charge in [-0.3, -0.25) is 9.36 Å². The topological polar surface area (TPSA) is 63.1 Å². The Bertz CT molecular complexity index is 923. The first-order valence-corrected chi connectivity index (χ1v) is 11.9. The highest BCUT2D eigenvalue weighted by atomic mass is 32.2. The Morgan fingerprint density at radius 3 is 2.72 bits per heavy atom. The molecule has 29 heavy (non-hydrogen) atoms. The molecule has 0 radical (unpaired) electrons. The maximum atomic E-state index is 12.7. The molecule has 1 aliphatic rings. The number of hydrogen-bond acceptors (Lipinski definition) is 6. The van der Waals surface area contributed by atoms with Gasteiger partial charge >= 0.3 is 0 Å². The number of hydrogen-bond donors (Lipinski definition) is 1. The van der Waals surface area contributed by atoms with Crippen LogP contribution in [-0.2, 0) is 11.2 Å². The first-order chi connectivity index (χ1) is 14.2. The average Bonchev–Trinajstić information content (AvgIpc) is 3.46. The summed E-state index contributed by atoms with van der Waals surface area (Å²) in [6.45, 7) is 2.30. The van der Waals surface area contributed by atoms with E-state index in [0.29, 0.717) is 13.1 Å². The van der Waals surface area contributed by atoms with E-state index in [1.807, 2.05) is 29.1 Å². The molecule has 6 nitrogen and oxygen atoms in total. The molecule has 4 rings (SSSR count). The molecule has 8 heteroatoms. The maximum absolute atomic E-state index is 12.7. The van der Waals surface area contributed by atoms with Gasteiger partial charge in [-0.25, -0.2) is 0 Å². The fourth-order valence-electron chi connectivity index (χ4n) is 3.53. The molecule has 1 N–H and O–H groups in total. The van der Waals surface area contributed by atoms with Crippen LogP contribution in [-0.4, -0.2) is 46.6 Å². The summed E-state index contributed by atoms with van der Waals surface area (Å²) in [7, 11) is 0. The number of carbonyl (C=O) groups is 1.